The number of hydrogen-bond donors (Lipinski definition) is 2. The van der Waals surface area contributed by atoms with Gasteiger partial charge in [0.25, 0.3) is 5.91 Å². The van der Waals surface area contributed by atoms with Crippen molar-refractivity contribution in [1.82, 2.24) is 5.32 Å². The smallest absolute Gasteiger partial charge is 0.275 e. The molecule has 1 aliphatic carbocycles. The van der Waals surface area contributed by atoms with E-state index in [9.17, 15) is 4.79 Å². The van der Waals surface area contributed by atoms with Gasteiger partial charge in [0.05, 0.1) is 18.6 Å². The summed E-state index contributed by atoms with van der Waals surface area (Å²) in [7, 11) is 0. The number of rotatable bonds is 5. The predicted octanol–water partition coefficient (Wildman–Crippen LogP) is 3.19. The van der Waals surface area contributed by atoms with Crippen LogP contribution in [0.25, 0.3) is 0 Å². The largest absolute Gasteiger partial charge is 0.339 e. The Hall–Kier alpha value is -1.65. The molecular formula is C22H29N2OS+. The molecule has 0 bridgehead atoms. The summed E-state index contributed by atoms with van der Waals surface area (Å²) in [6.07, 6.45) is 8.05. The molecule has 4 rings (SSSR count). The van der Waals surface area contributed by atoms with Crippen LogP contribution in [0.2, 0.25) is 0 Å². The lowest BCUT2D eigenvalue weighted by Gasteiger charge is -2.41. The van der Waals surface area contributed by atoms with Gasteiger partial charge in [-0.15, -0.1) is 11.3 Å². The van der Waals surface area contributed by atoms with Gasteiger partial charge in [-0.25, -0.2) is 0 Å². The van der Waals surface area contributed by atoms with Crippen molar-refractivity contribution in [1.29, 1.82) is 0 Å². The summed E-state index contributed by atoms with van der Waals surface area (Å²) in [5.74, 6) is 1.04. The molecule has 4 heteroatoms. The molecule has 1 aromatic heterocycles. The molecule has 2 N–H and O–H groups in total. The number of nitrogens with one attached hydrogen (secondary N) is 2. The van der Waals surface area contributed by atoms with E-state index in [-0.39, 0.29) is 11.9 Å². The van der Waals surface area contributed by atoms with Crippen molar-refractivity contribution in [3.63, 3.8) is 0 Å². The lowest BCUT2D eigenvalue weighted by atomic mass is 9.78. The van der Waals surface area contributed by atoms with Gasteiger partial charge < -0.3 is 10.2 Å². The second-order valence-electron chi connectivity index (χ2n) is 7.80. The summed E-state index contributed by atoms with van der Waals surface area (Å²) in [6, 6.07) is 15.2. The number of hydrogen-bond acceptors (Lipinski definition) is 2. The Balaban J connectivity index is 1.45. The average molecular weight is 370 g/mol. The van der Waals surface area contributed by atoms with Crippen molar-refractivity contribution in [3.05, 3.63) is 58.3 Å². The molecule has 2 fully saturated rings. The predicted molar refractivity (Wildman–Crippen MR) is 106 cm³/mol. The molecule has 1 unspecified atom stereocenters. The molecule has 1 saturated carbocycles. The SMILES string of the molecule is O=C(C[NH+]1CCC[C@H]2CCCC[C@@H]21)N[C@@H](c1ccccc1)c1cccs1. The van der Waals surface area contributed by atoms with Gasteiger partial charge in [-0.1, -0.05) is 42.8 Å². The van der Waals surface area contributed by atoms with E-state index in [0.717, 1.165) is 18.0 Å². The van der Waals surface area contributed by atoms with Gasteiger partial charge in [-0.05, 0) is 49.1 Å². The first-order valence-corrected chi connectivity index (χ1v) is 10.9. The fourth-order valence-corrected chi connectivity index (χ4v) is 5.73. The van der Waals surface area contributed by atoms with Crippen LogP contribution in [0.15, 0.2) is 47.8 Å². The van der Waals surface area contributed by atoms with Gasteiger partial charge in [0.15, 0.2) is 6.54 Å². The van der Waals surface area contributed by atoms with Crippen LogP contribution in [0.4, 0.5) is 0 Å². The maximum atomic E-state index is 12.9. The third kappa shape index (κ3) is 4.02. The fraction of sp³-hybridized carbons (Fsp3) is 0.500. The van der Waals surface area contributed by atoms with E-state index in [1.165, 1.54) is 48.3 Å². The number of carbonyl (C=O) groups excluding carboxylic acids is 1. The van der Waals surface area contributed by atoms with E-state index in [1.807, 2.05) is 18.2 Å². The molecule has 4 atom stereocenters. The zero-order chi connectivity index (χ0) is 17.8. The van der Waals surface area contributed by atoms with Gasteiger partial charge in [0.2, 0.25) is 0 Å². The number of piperidine rings is 1. The highest BCUT2D eigenvalue weighted by molar-refractivity contribution is 7.10. The number of carbonyl (C=O) groups is 1. The van der Waals surface area contributed by atoms with Gasteiger partial charge in [-0.2, -0.15) is 0 Å². The van der Waals surface area contributed by atoms with Crippen LogP contribution in [0.1, 0.15) is 55.0 Å². The molecule has 26 heavy (non-hydrogen) atoms. The molecule has 138 valence electrons. The van der Waals surface area contributed by atoms with E-state index in [1.54, 1.807) is 11.3 Å². The van der Waals surface area contributed by atoms with Crippen molar-refractivity contribution in [3.8, 4) is 0 Å². The number of fused-ring (bicyclic) bond motifs is 1. The van der Waals surface area contributed by atoms with Crippen molar-refractivity contribution in [2.45, 2.75) is 50.6 Å². The van der Waals surface area contributed by atoms with E-state index in [4.69, 9.17) is 0 Å². The quantitative estimate of drug-likeness (QED) is 0.834. The Bertz CT molecular complexity index is 698. The maximum absolute atomic E-state index is 12.9. The highest BCUT2D eigenvalue weighted by Gasteiger charge is 2.37. The molecule has 2 heterocycles. The Morgan fingerprint density at radius 1 is 1.08 bits per heavy atom. The number of benzene rings is 1. The molecular weight excluding hydrogens is 340 g/mol. The lowest BCUT2D eigenvalue weighted by molar-refractivity contribution is -0.928. The van der Waals surface area contributed by atoms with Crippen molar-refractivity contribution in [2.24, 2.45) is 5.92 Å². The van der Waals surface area contributed by atoms with Gasteiger partial charge in [-0.3, -0.25) is 4.79 Å². The summed E-state index contributed by atoms with van der Waals surface area (Å²) in [5, 5.41) is 5.41. The van der Waals surface area contributed by atoms with Crippen molar-refractivity contribution < 1.29 is 9.69 Å². The Kier molecular flexibility index (Phi) is 5.71. The summed E-state index contributed by atoms with van der Waals surface area (Å²) >= 11 is 1.71. The first-order valence-electron chi connectivity index (χ1n) is 10.0. The van der Waals surface area contributed by atoms with E-state index in [0.29, 0.717) is 12.6 Å². The third-order valence-corrected chi connectivity index (χ3v) is 7.10. The lowest BCUT2D eigenvalue weighted by Crippen LogP contribution is -3.18. The minimum absolute atomic E-state index is 0.0324. The highest BCUT2D eigenvalue weighted by atomic mass is 32.1. The molecule has 1 saturated heterocycles. The first kappa shape index (κ1) is 17.7. The standard InChI is InChI=1S/C22H28N2OS/c25-21(16-24-14-6-11-17-8-4-5-12-19(17)24)23-22(20-13-7-15-26-20)18-9-2-1-3-10-18/h1-3,7,9-10,13,15,17,19,22H,4-6,8,11-12,14,16H2,(H,23,25)/p+1/t17-,19+,22+/m1/s1. The van der Waals surface area contributed by atoms with Gasteiger partial charge in [0, 0.05) is 10.8 Å². The maximum Gasteiger partial charge on any atom is 0.275 e. The van der Waals surface area contributed by atoms with Gasteiger partial charge >= 0.3 is 0 Å². The number of likely N-dealkylation sites (tertiary alicyclic amines) is 1. The molecule has 3 nitrogen and oxygen atoms in total. The summed E-state index contributed by atoms with van der Waals surface area (Å²) in [6.45, 7) is 1.78. The Morgan fingerprint density at radius 2 is 1.88 bits per heavy atom. The number of thiophene rings is 1. The molecule has 1 aliphatic heterocycles. The van der Waals surface area contributed by atoms with Crippen molar-refractivity contribution in [2.75, 3.05) is 13.1 Å². The van der Waals surface area contributed by atoms with E-state index in [2.05, 4.69) is 35.0 Å². The fourth-order valence-electron chi connectivity index (χ4n) is 4.92. The zero-order valence-electron chi connectivity index (χ0n) is 15.3. The molecule has 0 radical (unpaired) electrons. The molecule has 2 aliphatic rings. The Labute approximate surface area is 160 Å². The minimum Gasteiger partial charge on any atom is -0.339 e. The average Bonchev–Trinajstić information content (AvgIpc) is 3.22. The van der Waals surface area contributed by atoms with E-state index >= 15 is 0 Å². The monoisotopic (exact) mass is 369 g/mol. The number of amides is 1. The van der Waals surface area contributed by atoms with Crippen LogP contribution < -0.4 is 10.2 Å². The first-order chi connectivity index (χ1) is 12.8. The summed E-state index contributed by atoms with van der Waals surface area (Å²) in [5.41, 5.74) is 1.16. The summed E-state index contributed by atoms with van der Waals surface area (Å²) in [4.78, 5) is 15.7. The van der Waals surface area contributed by atoms with Crippen LogP contribution in [0, 0.1) is 5.92 Å². The topological polar surface area (TPSA) is 33.5 Å². The van der Waals surface area contributed by atoms with Crippen LogP contribution in [0.3, 0.4) is 0 Å². The van der Waals surface area contributed by atoms with Crippen LogP contribution >= 0.6 is 11.3 Å². The van der Waals surface area contributed by atoms with Crippen molar-refractivity contribution >= 4 is 17.2 Å². The molecule has 1 aromatic carbocycles. The molecule has 1 amide bonds. The Morgan fingerprint density at radius 3 is 2.69 bits per heavy atom. The third-order valence-electron chi connectivity index (χ3n) is 6.16. The normalized spacial score (nSPS) is 26.7. The van der Waals surface area contributed by atoms with Crippen LogP contribution in [-0.2, 0) is 4.79 Å². The molecule has 2 aromatic rings. The van der Waals surface area contributed by atoms with Crippen LogP contribution in [-0.4, -0.2) is 25.0 Å². The zero-order valence-corrected chi connectivity index (χ0v) is 16.1. The van der Waals surface area contributed by atoms with Gasteiger partial charge in [0.1, 0.15) is 0 Å². The number of quaternary nitrogens is 1. The van der Waals surface area contributed by atoms with E-state index < -0.39 is 0 Å². The molecule has 0 spiro atoms. The second kappa shape index (κ2) is 8.36. The highest BCUT2D eigenvalue weighted by Crippen LogP contribution is 2.28. The minimum atomic E-state index is -0.0324. The second-order valence-corrected chi connectivity index (χ2v) is 8.78. The van der Waals surface area contributed by atoms with Crippen LogP contribution in [0.5, 0.6) is 0 Å². The summed E-state index contributed by atoms with van der Waals surface area (Å²) < 4.78 is 0.